The Morgan fingerprint density at radius 3 is 2.57 bits per heavy atom. The molecule has 2 aromatic carbocycles. The van der Waals surface area contributed by atoms with Gasteiger partial charge >= 0.3 is 0 Å². The molecule has 6 nitrogen and oxygen atoms in total. The number of hydrogen-bond acceptors (Lipinski definition) is 5. The number of rotatable bonds is 5. The third-order valence-electron chi connectivity index (χ3n) is 5.53. The van der Waals surface area contributed by atoms with Crippen LogP contribution in [0, 0.1) is 5.82 Å². The molecule has 1 amide bonds. The molecule has 1 N–H and O–H groups in total. The van der Waals surface area contributed by atoms with Gasteiger partial charge in [0.15, 0.2) is 0 Å². The van der Waals surface area contributed by atoms with Gasteiger partial charge in [-0.1, -0.05) is 18.2 Å². The van der Waals surface area contributed by atoms with Crippen LogP contribution in [0.1, 0.15) is 30.0 Å². The topological polar surface area (TPSA) is 76.1 Å². The number of aliphatic hydroxyl groups excluding tert-OH is 1. The number of Topliss-reactive ketones (excluding diaryl/α,β-unsaturated/α-hetero) is 1. The molecule has 2 heterocycles. The number of aliphatic hydroxyl groups is 1. The van der Waals surface area contributed by atoms with Crippen molar-refractivity contribution in [1.82, 2.24) is 4.90 Å². The fraction of sp³-hybridized carbons (Fsp3) is 0.304. The van der Waals surface area contributed by atoms with Gasteiger partial charge in [-0.25, -0.2) is 4.39 Å². The van der Waals surface area contributed by atoms with Crippen molar-refractivity contribution in [3.8, 4) is 5.75 Å². The summed E-state index contributed by atoms with van der Waals surface area (Å²) in [5.41, 5.74) is 0.366. The molecule has 2 aliphatic rings. The number of nitrogens with zero attached hydrogens (tertiary/aromatic N) is 1. The third-order valence-corrected chi connectivity index (χ3v) is 5.53. The summed E-state index contributed by atoms with van der Waals surface area (Å²) in [7, 11) is 1.52. The molecule has 2 aromatic rings. The molecule has 7 heteroatoms. The van der Waals surface area contributed by atoms with Crippen LogP contribution < -0.4 is 4.74 Å². The van der Waals surface area contributed by atoms with Gasteiger partial charge in [-0.05, 0) is 43.2 Å². The molecule has 2 fully saturated rings. The van der Waals surface area contributed by atoms with E-state index in [-0.39, 0.29) is 29.5 Å². The summed E-state index contributed by atoms with van der Waals surface area (Å²) in [6.07, 6.45) is 1.40. The number of methoxy groups -OCH3 is 1. The molecule has 0 saturated carbocycles. The van der Waals surface area contributed by atoms with Crippen LogP contribution in [0.25, 0.3) is 5.76 Å². The second-order valence-electron chi connectivity index (χ2n) is 7.34. The zero-order valence-corrected chi connectivity index (χ0v) is 16.5. The first-order valence-electron chi connectivity index (χ1n) is 9.80. The normalized spacial score (nSPS) is 23.2. The highest BCUT2D eigenvalue weighted by atomic mass is 19.1. The van der Waals surface area contributed by atoms with E-state index >= 15 is 0 Å². The Morgan fingerprint density at radius 2 is 1.93 bits per heavy atom. The molecule has 0 radical (unpaired) electrons. The maximum Gasteiger partial charge on any atom is 0.295 e. The molecule has 4 rings (SSSR count). The van der Waals surface area contributed by atoms with E-state index < -0.39 is 23.5 Å². The Balaban J connectivity index is 1.82. The lowest BCUT2D eigenvalue weighted by molar-refractivity contribution is -0.140. The Hall–Kier alpha value is -3.19. The maximum absolute atomic E-state index is 14.7. The number of ether oxygens (including phenoxy) is 2. The second kappa shape index (κ2) is 8.28. The highest BCUT2D eigenvalue weighted by molar-refractivity contribution is 6.46. The lowest BCUT2D eigenvalue weighted by atomic mass is 9.94. The van der Waals surface area contributed by atoms with Crippen molar-refractivity contribution >= 4 is 17.4 Å². The minimum absolute atomic E-state index is 0.131. The van der Waals surface area contributed by atoms with Gasteiger partial charge in [0.25, 0.3) is 11.7 Å². The highest BCUT2D eigenvalue weighted by Crippen LogP contribution is 2.41. The zero-order valence-electron chi connectivity index (χ0n) is 16.5. The van der Waals surface area contributed by atoms with Crippen molar-refractivity contribution in [3.05, 3.63) is 71.0 Å². The predicted octanol–water partition coefficient (Wildman–Crippen LogP) is 3.44. The minimum atomic E-state index is -1.03. The van der Waals surface area contributed by atoms with Gasteiger partial charge in [0, 0.05) is 24.3 Å². The van der Waals surface area contributed by atoms with Gasteiger partial charge in [-0.15, -0.1) is 0 Å². The highest BCUT2D eigenvalue weighted by Gasteiger charge is 2.47. The number of halogens is 1. The minimum Gasteiger partial charge on any atom is -0.507 e. The van der Waals surface area contributed by atoms with Crippen molar-refractivity contribution in [3.63, 3.8) is 0 Å². The van der Waals surface area contributed by atoms with E-state index in [1.165, 1.54) is 30.2 Å². The first-order chi connectivity index (χ1) is 14.5. The van der Waals surface area contributed by atoms with E-state index in [0.717, 1.165) is 12.8 Å². The number of amides is 1. The quantitative estimate of drug-likeness (QED) is 0.463. The maximum atomic E-state index is 14.7. The zero-order chi connectivity index (χ0) is 21.3. The number of carbonyl (C=O) groups is 2. The molecule has 0 unspecified atom stereocenters. The van der Waals surface area contributed by atoms with Gasteiger partial charge in [-0.2, -0.15) is 0 Å². The monoisotopic (exact) mass is 411 g/mol. The summed E-state index contributed by atoms with van der Waals surface area (Å²) in [6.45, 7) is 0.744. The second-order valence-corrected chi connectivity index (χ2v) is 7.34. The van der Waals surface area contributed by atoms with Crippen molar-refractivity contribution in [2.75, 3.05) is 20.3 Å². The average molecular weight is 411 g/mol. The van der Waals surface area contributed by atoms with Gasteiger partial charge in [0.1, 0.15) is 17.3 Å². The molecule has 30 heavy (non-hydrogen) atoms. The average Bonchev–Trinajstić information content (AvgIpc) is 3.36. The van der Waals surface area contributed by atoms with Crippen LogP contribution in [0.15, 0.2) is 54.1 Å². The van der Waals surface area contributed by atoms with Crippen LogP contribution in [0.2, 0.25) is 0 Å². The fourth-order valence-electron chi connectivity index (χ4n) is 4.00. The Kier molecular flexibility index (Phi) is 5.55. The van der Waals surface area contributed by atoms with Crippen molar-refractivity contribution in [1.29, 1.82) is 0 Å². The van der Waals surface area contributed by atoms with Crippen LogP contribution in [-0.2, 0) is 14.3 Å². The van der Waals surface area contributed by atoms with Gasteiger partial charge in [0.2, 0.25) is 0 Å². The third kappa shape index (κ3) is 3.57. The molecule has 0 aromatic heterocycles. The summed E-state index contributed by atoms with van der Waals surface area (Å²) >= 11 is 0. The van der Waals surface area contributed by atoms with Gasteiger partial charge < -0.3 is 19.5 Å². The van der Waals surface area contributed by atoms with E-state index in [0.29, 0.717) is 17.9 Å². The molecule has 2 saturated heterocycles. The lowest BCUT2D eigenvalue weighted by Gasteiger charge is -2.27. The summed E-state index contributed by atoms with van der Waals surface area (Å²) in [4.78, 5) is 27.1. The number of ketones is 1. The first-order valence-corrected chi connectivity index (χ1v) is 9.80. The number of likely N-dealkylation sites (tertiary alicyclic amines) is 1. The summed E-state index contributed by atoms with van der Waals surface area (Å²) in [5.74, 6) is -1.93. The largest absolute Gasteiger partial charge is 0.507 e. The standard InChI is InChI=1S/C23H22FNO5/c1-29-15-10-8-14(9-11-15)21(26)19-20(17-6-2-3-7-18(17)24)25(23(28)22(19)27)13-16-5-4-12-30-16/h2-3,6-11,16,20,26H,4-5,12-13H2,1H3/t16-,20-/m1/s1. The summed E-state index contributed by atoms with van der Waals surface area (Å²) in [5, 5.41) is 11.0. The van der Waals surface area contributed by atoms with Crippen LogP contribution in [0.4, 0.5) is 4.39 Å². The Labute approximate surface area is 173 Å². The number of hydrogen-bond donors (Lipinski definition) is 1. The van der Waals surface area contributed by atoms with E-state index in [9.17, 15) is 19.1 Å². The summed E-state index contributed by atoms with van der Waals surface area (Å²) < 4.78 is 25.5. The van der Waals surface area contributed by atoms with E-state index in [4.69, 9.17) is 9.47 Å². The predicted molar refractivity (Wildman–Crippen MR) is 107 cm³/mol. The van der Waals surface area contributed by atoms with Crippen LogP contribution in [0.3, 0.4) is 0 Å². The molecular formula is C23H22FNO5. The first kappa shape index (κ1) is 20.1. The van der Waals surface area contributed by atoms with Gasteiger partial charge in [-0.3, -0.25) is 9.59 Å². The lowest BCUT2D eigenvalue weighted by Crippen LogP contribution is -2.36. The number of benzene rings is 2. The van der Waals surface area contributed by atoms with E-state index in [1.807, 2.05) is 0 Å². The molecule has 2 aliphatic heterocycles. The van der Waals surface area contributed by atoms with Crippen LogP contribution in [0.5, 0.6) is 5.75 Å². The Morgan fingerprint density at radius 1 is 1.20 bits per heavy atom. The number of carbonyl (C=O) groups excluding carboxylic acids is 2. The van der Waals surface area contributed by atoms with Crippen LogP contribution >= 0.6 is 0 Å². The summed E-state index contributed by atoms with van der Waals surface area (Å²) in [6, 6.07) is 11.4. The molecular weight excluding hydrogens is 389 g/mol. The van der Waals surface area contributed by atoms with Crippen molar-refractivity contribution in [2.24, 2.45) is 0 Å². The van der Waals surface area contributed by atoms with E-state index in [2.05, 4.69) is 0 Å². The molecule has 0 aliphatic carbocycles. The van der Waals surface area contributed by atoms with Crippen LogP contribution in [-0.4, -0.2) is 48.1 Å². The molecule has 156 valence electrons. The Bertz CT molecular complexity index is 995. The molecule has 2 atom stereocenters. The van der Waals surface area contributed by atoms with Crippen molar-refractivity contribution < 1.29 is 28.6 Å². The fourth-order valence-corrected chi connectivity index (χ4v) is 4.00. The SMILES string of the molecule is COc1ccc(C(O)=C2C(=O)C(=O)N(C[C@H]3CCCO3)[C@@H]2c2ccccc2F)cc1. The smallest absolute Gasteiger partial charge is 0.295 e. The molecule has 0 spiro atoms. The van der Waals surface area contributed by atoms with Gasteiger partial charge in [0.05, 0.1) is 24.8 Å². The molecule has 0 bridgehead atoms. The van der Waals surface area contributed by atoms with Crippen molar-refractivity contribution in [2.45, 2.75) is 25.0 Å². The van der Waals surface area contributed by atoms with E-state index in [1.54, 1.807) is 30.3 Å².